The fourth-order valence-electron chi connectivity index (χ4n) is 2.23. The molecule has 2 aliphatic rings. The Bertz CT molecular complexity index is 623. The third-order valence-corrected chi connectivity index (χ3v) is 6.58. The van der Waals surface area contributed by atoms with Gasteiger partial charge in [-0.25, -0.2) is 9.36 Å². The maximum absolute atomic E-state index is 12.1. The van der Waals surface area contributed by atoms with E-state index in [1.807, 2.05) is 0 Å². The molecule has 20 heavy (non-hydrogen) atoms. The Morgan fingerprint density at radius 2 is 2.35 bits per heavy atom. The Morgan fingerprint density at radius 1 is 1.55 bits per heavy atom. The molecular weight excluding hydrogens is 305 g/mol. The summed E-state index contributed by atoms with van der Waals surface area (Å²) in [4.78, 5) is 15.4. The fourth-order valence-corrected chi connectivity index (χ4v) is 4.46. The highest BCUT2D eigenvalue weighted by Gasteiger charge is 2.46. The molecule has 0 saturated carbocycles. The van der Waals surface area contributed by atoms with Gasteiger partial charge in [0.05, 0.1) is 6.61 Å². The molecule has 8 nitrogen and oxygen atoms in total. The minimum absolute atomic E-state index is 0.160. The number of nitrogen functional groups attached to an aromatic ring is 1. The summed E-state index contributed by atoms with van der Waals surface area (Å²) >= 11 is 1.06. The Morgan fingerprint density at radius 3 is 3.05 bits per heavy atom. The SMILES string of the molecule is CSP1(=O)OCC2OC(n3ccc(N)nc3=O)CC2O1. The molecule has 0 spiro atoms. The molecule has 2 saturated heterocycles. The second-order valence-electron chi connectivity index (χ2n) is 4.48. The van der Waals surface area contributed by atoms with Crippen LogP contribution in [0, 0.1) is 0 Å². The Balaban J connectivity index is 1.80. The molecule has 0 amide bonds. The second kappa shape index (κ2) is 5.16. The summed E-state index contributed by atoms with van der Waals surface area (Å²) in [5, 5.41) is 0. The van der Waals surface area contributed by atoms with Crippen LogP contribution in [0.2, 0.25) is 0 Å². The summed E-state index contributed by atoms with van der Waals surface area (Å²) in [5.41, 5.74) is 4.96. The molecular formula is C10H14N3O5PS. The van der Waals surface area contributed by atoms with E-state index < -0.39 is 18.7 Å². The van der Waals surface area contributed by atoms with E-state index in [2.05, 4.69) is 4.98 Å². The number of hydrogen-bond acceptors (Lipinski definition) is 8. The molecule has 4 atom stereocenters. The van der Waals surface area contributed by atoms with Crippen molar-refractivity contribution in [3.05, 3.63) is 22.7 Å². The number of nitrogens with zero attached hydrogens (tertiary/aromatic N) is 2. The molecule has 0 aromatic carbocycles. The van der Waals surface area contributed by atoms with Gasteiger partial charge in [0.15, 0.2) is 0 Å². The van der Waals surface area contributed by atoms with Crippen LogP contribution in [0.15, 0.2) is 17.1 Å². The van der Waals surface area contributed by atoms with Gasteiger partial charge in [-0.1, -0.05) is 0 Å². The first-order valence-corrected chi connectivity index (χ1v) is 9.37. The minimum atomic E-state index is -3.09. The average Bonchev–Trinajstić information content (AvgIpc) is 2.81. The average molecular weight is 319 g/mol. The van der Waals surface area contributed by atoms with Crippen LogP contribution in [0.1, 0.15) is 12.6 Å². The van der Waals surface area contributed by atoms with E-state index in [4.69, 9.17) is 19.5 Å². The van der Waals surface area contributed by atoms with Gasteiger partial charge in [0.25, 0.3) is 0 Å². The third kappa shape index (κ3) is 2.51. The Labute approximate surface area is 118 Å². The van der Waals surface area contributed by atoms with Gasteiger partial charge >= 0.3 is 12.5 Å². The van der Waals surface area contributed by atoms with Gasteiger partial charge in [-0.3, -0.25) is 13.6 Å². The second-order valence-corrected chi connectivity index (χ2v) is 8.64. The standard InChI is InChI=1S/C10H14N3O5PS/c1-20-19(15)16-5-7-6(18-19)4-9(17-7)13-3-2-8(11)12-10(13)14/h2-3,6-7,9H,4-5H2,1H3,(H2,11,12,14). The predicted octanol–water partition coefficient (Wildman–Crippen LogP) is 0.999. The number of nitrogens with two attached hydrogens (primary N) is 1. The fraction of sp³-hybridized carbons (Fsp3) is 0.600. The number of aromatic nitrogens is 2. The zero-order chi connectivity index (χ0) is 14.3. The van der Waals surface area contributed by atoms with Crippen molar-refractivity contribution in [2.75, 3.05) is 18.6 Å². The van der Waals surface area contributed by atoms with Crippen molar-refractivity contribution in [3.8, 4) is 0 Å². The van der Waals surface area contributed by atoms with Crippen molar-refractivity contribution >= 4 is 24.0 Å². The van der Waals surface area contributed by atoms with Gasteiger partial charge in [0, 0.05) is 12.6 Å². The van der Waals surface area contributed by atoms with E-state index in [0.717, 1.165) is 11.4 Å². The zero-order valence-corrected chi connectivity index (χ0v) is 12.4. The maximum Gasteiger partial charge on any atom is 0.389 e. The first kappa shape index (κ1) is 14.1. The quantitative estimate of drug-likeness (QED) is 0.805. The molecule has 4 unspecified atom stereocenters. The molecule has 3 heterocycles. The van der Waals surface area contributed by atoms with Crippen molar-refractivity contribution in [1.29, 1.82) is 0 Å². The summed E-state index contributed by atoms with van der Waals surface area (Å²) in [6.45, 7) is -2.90. The van der Waals surface area contributed by atoms with E-state index >= 15 is 0 Å². The van der Waals surface area contributed by atoms with Crippen LogP contribution in [0.3, 0.4) is 0 Å². The van der Waals surface area contributed by atoms with E-state index in [1.54, 1.807) is 6.26 Å². The van der Waals surface area contributed by atoms with Gasteiger partial charge in [0.1, 0.15) is 24.3 Å². The molecule has 2 aliphatic heterocycles. The summed E-state index contributed by atoms with van der Waals surface area (Å²) in [7, 11) is 0. The van der Waals surface area contributed by atoms with Crippen molar-refractivity contribution in [2.24, 2.45) is 0 Å². The van der Waals surface area contributed by atoms with Crippen LogP contribution in [0.25, 0.3) is 0 Å². The molecule has 2 N–H and O–H groups in total. The van der Waals surface area contributed by atoms with Crippen molar-refractivity contribution in [3.63, 3.8) is 0 Å². The Kier molecular flexibility index (Phi) is 3.64. The number of rotatable bonds is 2. The first-order chi connectivity index (χ1) is 9.50. The predicted molar refractivity (Wildman–Crippen MR) is 73.4 cm³/mol. The largest absolute Gasteiger partial charge is 0.389 e. The Hall–Kier alpha value is -0.860. The molecule has 0 radical (unpaired) electrons. The van der Waals surface area contributed by atoms with Crippen LogP contribution in [0.4, 0.5) is 5.82 Å². The minimum Gasteiger partial charge on any atom is -0.383 e. The molecule has 2 fully saturated rings. The lowest BCUT2D eigenvalue weighted by Gasteiger charge is -2.29. The lowest BCUT2D eigenvalue weighted by atomic mass is 10.2. The first-order valence-electron chi connectivity index (χ1n) is 5.99. The summed E-state index contributed by atoms with van der Waals surface area (Å²) in [5.74, 6) is 0.160. The monoisotopic (exact) mass is 319 g/mol. The highest BCUT2D eigenvalue weighted by atomic mass is 32.7. The lowest BCUT2D eigenvalue weighted by Crippen LogP contribution is -2.32. The van der Waals surface area contributed by atoms with Crippen LogP contribution in [-0.2, 0) is 18.3 Å². The topological polar surface area (TPSA) is 106 Å². The lowest BCUT2D eigenvalue weighted by molar-refractivity contribution is -0.0558. The highest BCUT2D eigenvalue weighted by molar-refractivity contribution is 8.54. The van der Waals surface area contributed by atoms with Gasteiger partial charge in [-0.05, 0) is 23.7 Å². The third-order valence-electron chi connectivity index (χ3n) is 3.23. The summed E-state index contributed by atoms with van der Waals surface area (Å²) < 4.78 is 29.8. The van der Waals surface area contributed by atoms with Gasteiger partial charge < -0.3 is 10.5 Å². The van der Waals surface area contributed by atoms with Gasteiger partial charge in [-0.15, -0.1) is 0 Å². The van der Waals surface area contributed by atoms with Gasteiger partial charge in [0.2, 0.25) is 0 Å². The molecule has 0 aliphatic carbocycles. The van der Waals surface area contributed by atoms with Crippen LogP contribution < -0.4 is 11.4 Å². The van der Waals surface area contributed by atoms with E-state index in [-0.39, 0.29) is 24.6 Å². The van der Waals surface area contributed by atoms with Crippen molar-refractivity contribution in [1.82, 2.24) is 9.55 Å². The normalized spacial score (nSPS) is 36.8. The van der Waals surface area contributed by atoms with E-state index in [1.165, 1.54) is 16.8 Å². The van der Waals surface area contributed by atoms with Gasteiger partial charge in [-0.2, -0.15) is 4.98 Å². The summed E-state index contributed by atoms with van der Waals surface area (Å²) in [6, 6.07) is 1.52. The number of fused-ring (bicyclic) bond motifs is 1. The number of anilines is 1. The highest BCUT2D eigenvalue weighted by Crippen LogP contribution is 2.63. The molecule has 110 valence electrons. The van der Waals surface area contributed by atoms with Crippen LogP contribution in [-0.4, -0.2) is 34.6 Å². The van der Waals surface area contributed by atoms with E-state index in [0.29, 0.717) is 6.42 Å². The molecule has 1 aromatic heterocycles. The molecule has 0 bridgehead atoms. The zero-order valence-electron chi connectivity index (χ0n) is 10.7. The van der Waals surface area contributed by atoms with Crippen LogP contribution in [0.5, 0.6) is 0 Å². The van der Waals surface area contributed by atoms with Crippen molar-refractivity contribution in [2.45, 2.75) is 24.9 Å². The summed E-state index contributed by atoms with van der Waals surface area (Å²) in [6.07, 6.45) is 2.42. The maximum atomic E-state index is 12.1. The van der Waals surface area contributed by atoms with Crippen LogP contribution >= 0.6 is 18.2 Å². The number of hydrogen-bond donors (Lipinski definition) is 1. The smallest absolute Gasteiger partial charge is 0.383 e. The molecule has 1 aromatic rings. The van der Waals surface area contributed by atoms with Crippen molar-refractivity contribution < 1.29 is 18.3 Å². The van der Waals surface area contributed by atoms with E-state index in [9.17, 15) is 9.36 Å². The number of ether oxygens (including phenoxy) is 1. The molecule has 10 heteroatoms. The molecule has 3 rings (SSSR count).